The lowest BCUT2D eigenvalue weighted by atomic mass is 10.0. The number of sulfonamides is 1. The highest BCUT2D eigenvalue weighted by atomic mass is 32.2. The van der Waals surface area contributed by atoms with Gasteiger partial charge in [0.1, 0.15) is 10.6 Å². The fourth-order valence-electron chi connectivity index (χ4n) is 3.20. The monoisotopic (exact) mass is 315 g/mol. The average molecular weight is 315 g/mol. The molecule has 0 N–H and O–H groups in total. The first-order valence-corrected chi connectivity index (χ1v) is 8.60. The lowest BCUT2D eigenvalue weighted by Crippen LogP contribution is -2.59. The molecule has 0 bridgehead atoms. The minimum atomic E-state index is -3.56. The molecule has 2 aliphatic rings. The van der Waals surface area contributed by atoms with Gasteiger partial charge in [0, 0.05) is 25.7 Å². The number of likely N-dealkylation sites (N-methyl/N-ethyl adjacent to an activating group) is 1. The Morgan fingerprint density at radius 1 is 1.29 bits per heavy atom. The van der Waals surface area contributed by atoms with Crippen molar-refractivity contribution in [2.45, 2.75) is 37.3 Å². The molecular weight excluding hydrogens is 294 g/mol. The molecule has 3 rings (SSSR count). The summed E-state index contributed by atoms with van der Waals surface area (Å²) < 4.78 is 38.0. The molecule has 1 aromatic heterocycles. The number of aryl methyl sites for hydroxylation is 2. The maximum absolute atomic E-state index is 12.8. The number of fused-ring (bicyclic) bond motifs is 1. The van der Waals surface area contributed by atoms with Crippen molar-refractivity contribution in [2.75, 3.05) is 33.3 Å². The van der Waals surface area contributed by atoms with Gasteiger partial charge in [0.25, 0.3) is 0 Å². The highest BCUT2D eigenvalue weighted by Gasteiger charge is 2.41. The fourth-order valence-corrected chi connectivity index (χ4v) is 4.97. The standard InChI is InChI=1S/C13H21N3O4S/c1-9-13(10(2)20-14-9)21(17,18)16-5-4-12-11(8-16)15(3)6-7-19-12/h11-12H,4-8H2,1-3H3/t11-,12-/m0/s1. The summed E-state index contributed by atoms with van der Waals surface area (Å²) in [4.78, 5) is 2.39. The van der Waals surface area contributed by atoms with Gasteiger partial charge in [-0.2, -0.15) is 4.31 Å². The van der Waals surface area contributed by atoms with Crippen LogP contribution in [0.4, 0.5) is 0 Å². The molecule has 1 aromatic rings. The van der Waals surface area contributed by atoms with Gasteiger partial charge in [-0.25, -0.2) is 8.42 Å². The molecular formula is C13H21N3O4S. The SMILES string of the molecule is Cc1noc(C)c1S(=O)(=O)N1CC[C@@H]2OCCN(C)[C@H]2C1. The Labute approximate surface area is 124 Å². The summed E-state index contributed by atoms with van der Waals surface area (Å²) in [5.74, 6) is 0.350. The molecule has 2 fully saturated rings. The van der Waals surface area contributed by atoms with Gasteiger partial charge in [-0.1, -0.05) is 5.16 Å². The molecule has 0 saturated carbocycles. The molecule has 0 aliphatic carbocycles. The molecule has 7 nitrogen and oxygen atoms in total. The summed E-state index contributed by atoms with van der Waals surface area (Å²) in [6.07, 6.45) is 0.845. The molecule has 2 saturated heterocycles. The minimum Gasteiger partial charge on any atom is -0.375 e. The predicted molar refractivity (Wildman–Crippen MR) is 75.5 cm³/mol. The molecule has 0 aromatic carbocycles. The zero-order valence-corrected chi connectivity index (χ0v) is 13.4. The van der Waals surface area contributed by atoms with E-state index in [-0.39, 0.29) is 17.0 Å². The van der Waals surface area contributed by atoms with Crippen molar-refractivity contribution in [3.8, 4) is 0 Å². The van der Waals surface area contributed by atoms with E-state index in [1.807, 2.05) is 7.05 Å². The normalized spacial score (nSPS) is 28.5. The van der Waals surface area contributed by atoms with Crippen LogP contribution in [0, 0.1) is 13.8 Å². The third kappa shape index (κ3) is 2.50. The van der Waals surface area contributed by atoms with Gasteiger partial charge < -0.3 is 9.26 Å². The van der Waals surface area contributed by atoms with Gasteiger partial charge in [0.05, 0.1) is 12.7 Å². The summed E-state index contributed by atoms with van der Waals surface area (Å²) in [6.45, 7) is 5.77. The minimum absolute atomic E-state index is 0.114. The van der Waals surface area contributed by atoms with Crippen LogP contribution < -0.4 is 0 Å². The summed E-state index contributed by atoms with van der Waals surface area (Å²) >= 11 is 0. The number of ether oxygens (including phenoxy) is 1. The number of aromatic nitrogens is 1. The van der Waals surface area contributed by atoms with Crippen molar-refractivity contribution in [2.24, 2.45) is 0 Å². The van der Waals surface area contributed by atoms with Crippen molar-refractivity contribution in [1.29, 1.82) is 0 Å². The van der Waals surface area contributed by atoms with Crippen molar-refractivity contribution in [1.82, 2.24) is 14.4 Å². The Balaban J connectivity index is 1.87. The number of morpholine rings is 1. The van der Waals surface area contributed by atoms with E-state index in [1.165, 1.54) is 4.31 Å². The maximum atomic E-state index is 12.8. The highest BCUT2D eigenvalue weighted by molar-refractivity contribution is 7.89. The molecule has 3 heterocycles. The fraction of sp³-hybridized carbons (Fsp3) is 0.769. The number of rotatable bonds is 2. The molecule has 8 heteroatoms. The zero-order valence-electron chi connectivity index (χ0n) is 12.6. The second kappa shape index (κ2) is 5.35. The van der Waals surface area contributed by atoms with Gasteiger partial charge in [-0.05, 0) is 27.3 Å². The molecule has 0 spiro atoms. The van der Waals surface area contributed by atoms with E-state index < -0.39 is 10.0 Å². The molecule has 118 valence electrons. The van der Waals surface area contributed by atoms with Crippen LogP contribution in [0.1, 0.15) is 17.9 Å². The molecule has 21 heavy (non-hydrogen) atoms. The topological polar surface area (TPSA) is 75.9 Å². The predicted octanol–water partition coefficient (Wildman–Crippen LogP) is 0.385. The molecule has 0 amide bonds. The largest absolute Gasteiger partial charge is 0.375 e. The van der Waals surface area contributed by atoms with Gasteiger partial charge in [0.2, 0.25) is 10.0 Å². The van der Waals surface area contributed by atoms with Gasteiger partial charge >= 0.3 is 0 Å². The summed E-state index contributed by atoms with van der Waals surface area (Å²) in [5, 5.41) is 3.76. The van der Waals surface area contributed by atoms with Crippen LogP contribution >= 0.6 is 0 Å². The number of hydrogen-bond donors (Lipinski definition) is 0. The van der Waals surface area contributed by atoms with E-state index in [9.17, 15) is 8.42 Å². The number of nitrogens with zero attached hydrogens (tertiary/aromatic N) is 3. The Kier molecular flexibility index (Phi) is 3.81. The van der Waals surface area contributed by atoms with Crippen LogP contribution in [0.25, 0.3) is 0 Å². The second-order valence-electron chi connectivity index (χ2n) is 5.76. The first-order valence-electron chi connectivity index (χ1n) is 7.16. The summed E-state index contributed by atoms with van der Waals surface area (Å²) in [6, 6.07) is 0.114. The van der Waals surface area contributed by atoms with E-state index >= 15 is 0 Å². The quantitative estimate of drug-likeness (QED) is 0.785. The number of hydrogen-bond acceptors (Lipinski definition) is 6. The van der Waals surface area contributed by atoms with Crippen LogP contribution in [0.15, 0.2) is 9.42 Å². The lowest BCUT2D eigenvalue weighted by molar-refractivity contribution is -0.0840. The maximum Gasteiger partial charge on any atom is 0.248 e. The smallest absolute Gasteiger partial charge is 0.248 e. The third-order valence-electron chi connectivity index (χ3n) is 4.39. The van der Waals surface area contributed by atoms with E-state index in [4.69, 9.17) is 9.26 Å². The Morgan fingerprint density at radius 2 is 2.05 bits per heavy atom. The van der Waals surface area contributed by atoms with Crippen molar-refractivity contribution < 1.29 is 17.7 Å². The van der Waals surface area contributed by atoms with Crippen LogP contribution in [0.5, 0.6) is 0 Å². The first-order chi connectivity index (χ1) is 9.91. The van der Waals surface area contributed by atoms with Gasteiger partial charge in [-0.15, -0.1) is 0 Å². The molecule has 0 radical (unpaired) electrons. The Morgan fingerprint density at radius 3 is 2.71 bits per heavy atom. The number of piperidine rings is 1. The van der Waals surface area contributed by atoms with E-state index in [0.717, 1.165) is 13.0 Å². The Bertz CT molecular complexity index is 608. The van der Waals surface area contributed by atoms with Gasteiger partial charge in [0.15, 0.2) is 5.76 Å². The highest BCUT2D eigenvalue weighted by Crippen LogP contribution is 2.29. The lowest BCUT2D eigenvalue weighted by Gasteiger charge is -2.45. The van der Waals surface area contributed by atoms with Crippen molar-refractivity contribution in [3.05, 3.63) is 11.5 Å². The van der Waals surface area contributed by atoms with Gasteiger partial charge in [-0.3, -0.25) is 4.90 Å². The van der Waals surface area contributed by atoms with Crippen LogP contribution in [-0.2, 0) is 14.8 Å². The second-order valence-corrected chi connectivity index (χ2v) is 7.64. The first kappa shape index (κ1) is 15.0. The Hall–Kier alpha value is -0.960. The molecule has 2 atom stereocenters. The van der Waals surface area contributed by atoms with E-state index in [0.29, 0.717) is 31.2 Å². The van der Waals surface area contributed by atoms with Crippen LogP contribution in [-0.4, -0.2) is 68.2 Å². The van der Waals surface area contributed by atoms with Crippen LogP contribution in [0.3, 0.4) is 0 Å². The van der Waals surface area contributed by atoms with Crippen LogP contribution in [0.2, 0.25) is 0 Å². The average Bonchev–Trinajstić information content (AvgIpc) is 2.79. The molecule has 2 aliphatic heterocycles. The third-order valence-corrected chi connectivity index (χ3v) is 6.50. The summed E-state index contributed by atoms with van der Waals surface area (Å²) in [7, 11) is -1.54. The van der Waals surface area contributed by atoms with Crippen molar-refractivity contribution >= 4 is 10.0 Å². The van der Waals surface area contributed by atoms with E-state index in [2.05, 4.69) is 10.1 Å². The summed E-state index contributed by atoms with van der Waals surface area (Å²) in [5.41, 5.74) is 0.419. The zero-order chi connectivity index (χ0) is 15.2. The molecule has 0 unspecified atom stereocenters. The van der Waals surface area contributed by atoms with Crippen molar-refractivity contribution in [3.63, 3.8) is 0 Å². The van der Waals surface area contributed by atoms with E-state index in [1.54, 1.807) is 13.8 Å².